The number of rotatable bonds is 10. The van der Waals surface area contributed by atoms with Gasteiger partial charge in [0.1, 0.15) is 17.1 Å². The van der Waals surface area contributed by atoms with Gasteiger partial charge >= 0.3 is 12.1 Å². The van der Waals surface area contributed by atoms with Crippen molar-refractivity contribution in [2.75, 3.05) is 42.8 Å². The first-order valence-corrected chi connectivity index (χ1v) is 12.2. The minimum Gasteiger partial charge on any atom is -0.480 e. The van der Waals surface area contributed by atoms with E-state index in [2.05, 4.69) is 4.98 Å². The van der Waals surface area contributed by atoms with Crippen LogP contribution in [0.5, 0.6) is 0 Å². The van der Waals surface area contributed by atoms with Crippen molar-refractivity contribution in [2.45, 2.75) is 32.7 Å². The molecular weight excluding hydrogens is 595 g/mol. The van der Waals surface area contributed by atoms with Crippen LogP contribution < -0.4 is 4.90 Å². The van der Waals surface area contributed by atoms with Crippen molar-refractivity contribution < 1.29 is 37.7 Å². The Balaban J connectivity index is 2.29. The maximum Gasteiger partial charge on any atom is 0.510 e. The van der Waals surface area contributed by atoms with Crippen molar-refractivity contribution in [1.29, 1.82) is 5.26 Å². The molecule has 196 valence electrons. The number of carbonyl (C=O) groups is 3. The molecule has 0 saturated heterocycles. The summed E-state index contributed by atoms with van der Waals surface area (Å²) in [5.74, 6) is -3.64. The summed E-state index contributed by atoms with van der Waals surface area (Å²) >= 11 is 1.79. The Morgan fingerprint density at radius 3 is 2.50 bits per heavy atom. The molecule has 0 aliphatic heterocycles. The van der Waals surface area contributed by atoms with Gasteiger partial charge in [-0.2, -0.15) is 5.26 Å². The van der Waals surface area contributed by atoms with Gasteiger partial charge < -0.3 is 19.1 Å². The third-order valence-corrected chi connectivity index (χ3v) is 5.52. The number of likely N-dealkylation sites (N-methyl/N-ethyl adjacent to an activating group) is 1. The van der Waals surface area contributed by atoms with E-state index in [4.69, 9.17) is 14.6 Å². The lowest BCUT2D eigenvalue weighted by atomic mass is 10.1. The van der Waals surface area contributed by atoms with E-state index in [9.17, 15) is 24.0 Å². The number of carboxylic acids is 1. The van der Waals surface area contributed by atoms with Crippen LogP contribution in [0.3, 0.4) is 0 Å². The normalized spacial score (nSPS) is 11.4. The Hall–Kier alpha value is -3.06. The van der Waals surface area contributed by atoms with Gasteiger partial charge in [0.15, 0.2) is 18.4 Å². The van der Waals surface area contributed by atoms with Gasteiger partial charge in [-0.25, -0.2) is 23.5 Å². The second kappa shape index (κ2) is 12.3. The van der Waals surface area contributed by atoms with Crippen LogP contribution >= 0.6 is 22.6 Å². The van der Waals surface area contributed by atoms with Crippen LogP contribution in [0.25, 0.3) is 11.0 Å². The fourth-order valence-corrected chi connectivity index (χ4v) is 3.75. The second-order valence-corrected chi connectivity index (χ2v) is 9.52. The molecule has 0 aliphatic carbocycles. The predicted octanol–water partition coefficient (Wildman–Crippen LogP) is 3.23. The highest BCUT2D eigenvalue weighted by Gasteiger charge is 2.32. The quantitative estimate of drug-likeness (QED) is 0.139. The molecule has 0 spiro atoms. The number of anilines is 1. The first-order chi connectivity index (χ1) is 16.8. The van der Waals surface area contributed by atoms with E-state index < -0.39 is 47.5 Å². The van der Waals surface area contributed by atoms with Crippen molar-refractivity contribution in [1.82, 2.24) is 14.5 Å². The van der Waals surface area contributed by atoms with E-state index in [-0.39, 0.29) is 34.6 Å². The number of benzene rings is 1. The molecule has 0 radical (unpaired) electrons. The smallest absolute Gasteiger partial charge is 0.480 e. The molecule has 0 atom stereocenters. The molecule has 0 fully saturated rings. The zero-order chi connectivity index (χ0) is 27.2. The van der Waals surface area contributed by atoms with Crippen LogP contribution in [0, 0.1) is 23.0 Å². The Kier molecular flexibility index (Phi) is 9.93. The molecule has 0 unspecified atom stereocenters. The van der Waals surface area contributed by atoms with E-state index in [1.165, 1.54) is 9.47 Å². The highest BCUT2D eigenvalue weighted by atomic mass is 127. The number of halogens is 3. The molecule has 11 nitrogen and oxygen atoms in total. The highest BCUT2D eigenvalue weighted by Crippen LogP contribution is 2.34. The largest absolute Gasteiger partial charge is 0.510 e. The lowest BCUT2D eigenvalue weighted by Gasteiger charge is -2.29. The van der Waals surface area contributed by atoms with Crippen molar-refractivity contribution >= 4 is 57.6 Å². The number of aliphatic carboxylic acids is 1. The maximum atomic E-state index is 15.1. The Morgan fingerprint density at radius 1 is 1.28 bits per heavy atom. The van der Waals surface area contributed by atoms with Crippen LogP contribution in [0.15, 0.2) is 6.07 Å². The number of nitriles is 1. The van der Waals surface area contributed by atoms with Gasteiger partial charge in [0.05, 0.1) is 23.1 Å². The molecule has 1 aromatic heterocycles. The highest BCUT2D eigenvalue weighted by molar-refractivity contribution is 14.1. The van der Waals surface area contributed by atoms with Crippen LogP contribution in [0.4, 0.5) is 19.5 Å². The number of carboxylic acid groups (broad SMARTS) is 1. The molecule has 1 N–H and O–H groups in total. The number of aromatic nitrogens is 2. The van der Waals surface area contributed by atoms with Gasteiger partial charge in [-0.3, -0.25) is 14.5 Å². The molecule has 1 heterocycles. The van der Waals surface area contributed by atoms with Gasteiger partial charge in [-0.05, 0) is 40.3 Å². The number of nitrogens with zero attached hydrogens (tertiary/aromatic N) is 5. The molecule has 0 bridgehead atoms. The fourth-order valence-electron chi connectivity index (χ4n) is 3.33. The summed E-state index contributed by atoms with van der Waals surface area (Å²) < 4.78 is 41.1. The van der Waals surface area contributed by atoms with E-state index in [0.29, 0.717) is 13.0 Å². The number of alkyl halides is 1. The minimum absolute atomic E-state index is 0.0586. The van der Waals surface area contributed by atoms with Crippen molar-refractivity contribution in [2.24, 2.45) is 0 Å². The predicted molar refractivity (Wildman–Crippen MR) is 133 cm³/mol. The number of hydrogen-bond donors (Lipinski definition) is 1. The van der Waals surface area contributed by atoms with Gasteiger partial charge in [0.2, 0.25) is 11.9 Å². The fraction of sp³-hybridized carbons (Fsp3) is 0.500. The van der Waals surface area contributed by atoms with E-state index >= 15 is 4.39 Å². The van der Waals surface area contributed by atoms with E-state index in [1.54, 1.807) is 56.5 Å². The summed E-state index contributed by atoms with van der Waals surface area (Å²) in [6, 6.07) is 2.33. The summed E-state index contributed by atoms with van der Waals surface area (Å²) in [5.41, 5.74) is -2.11. The number of hydrogen-bond acceptors (Lipinski definition) is 8. The molecule has 14 heteroatoms. The first kappa shape index (κ1) is 29.2. The Bertz CT molecular complexity index is 1190. The summed E-state index contributed by atoms with van der Waals surface area (Å²) in [6.45, 7) is 4.52. The SMILES string of the molecule is CN(CCCOC(=O)OCN(C(=O)CI)c1nc2c(F)cc(C#N)c(F)c2n1C(C)(C)C)CC(=O)O. The molecule has 1 amide bonds. The van der Waals surface area contributed by atoms with E-state index in [0.717, 1.165) is 11.0 Å². The van der Waals surface area contributed by atoms with Crippen LogP contribution in [-0.2, 0) is 24.6 Å². The topological polar surface area (TPSA) is 138 Å². The molecular formula is C22H26F2IN5O6. The van der Waals surface area contributed by atoms with Gasteiger partial charge in [-0.15, -0.1) is 0 Å². The molecule has 36 heavy (non-hydrogen) atoms. The first-order valence-electron chi connectivity index (χ1n) is 10.7. The standard InChI is InChI=1S/C22H26F2IN5O6/c1-22(2,3)30-19-17(24)13(10-26)8-14(23)18(19)27-20(30)29(15(31)9-25)12-36-21(34)35-7-5-6-28(4)11-16(32)33/h8H,5-7,9,11-12H2,1-4H3,(H,32,33). The summed E-state index contributed by atoms with van der Waals surface area (Å²) in [7, 11) is 1.60. The Morgan fingerprint density at radius 2 is 1.94 bits per heavy atom. The summed E-state index contributed by atoms with van der Waals surface area (Å²) in [6.07, 6.45) is -0.751. The van der Waals surface area contributed by atoms with Gasteiger partial charge in [-0.1, -0.05) is 22.6 Å². The molecule has 0 aliphatic rings. The van der Waals surface area contributed by atoms with Crippen LogP contribution in [-0.4, -0.2) is 75.5 Å². The molecule has 1 aromatic carbocycles. The van der Waals surface area contributed by atoms with Crippen molar-refractivity contribution in [3.63, 3.8) is 0 Å². The number of fused-ring (bicyclic) bond motifs is 1. The average Bonchev–Trinajstić information content (AvgIpc) is 3.20. The van der Waals surface area contributed by atoms with Gasteiger partial charge in [0.25, 0.3) is 0 Å². The third-order valence-electron chi connectivity index (χ3n) is 4.87. The Labute approximate surface area is 219 Å². The molecule has 0 saturated carbocycles. The second-order valence-electron chi connectivity index (χ2n) is 8.76. The van der Waals surface area contributed by atoms with Crippen molar-refractivity contribution in [3.8, 4) is 6.07 Å². The monoisotopic (exact) mass is 621 g/mol. The van der Waals surface area contributed by atoms with Crippen LogP contribution in [0.1, 0.15) is 32.8 Å². The molecule has 2 aromatic rings. The minimum atomic E-state index is -1.09. The number of imidazole rings is 1. The number of carbonyl (C=O) groups excluding carboxylic acids is 2. The van der Waals surface area contributed by atoms with Gasteiger partial charge in [0, 0.05) is 12.1 Å². The lowest BCUT2D eigenvalue weighted by Crippen LogP contribution is -2.39. The molecule has 2 rings (SSSR count). The third kappa shape index (κ3) is 7.00. The number of amides is 1. The zero-order valence-electron chi connectivity index (χ0n) is 20.2. The summed E-state index contributed by atoms with van der Waals surface area (Å²) in [5, 5.41) is 17.9. The average molecular weight is 621 g/mol. The zero-order valence-corrected chi connectivity index (χ0v) is 22.3. The van der Waals surface area contributed by atoms with E-state index in [1.807, 2.05) is 0 Å². The summed E-state index contributed by atoms with van der Waals surface area (Å²) in [4.78, 5) is 42.1. The van der Waals surface area contributed by atoms with Crippen molar-refractivity contribution in [3.05, 3.63) is 23.3 Å². The van der Waals surface area contributed by atoms with Crippen LogP contribution in [0.2, 0.25) is 0 Å². The maximum absolute atomic E-state index is 15.1. The lowest BCUT2D eigenvalue weighted by molar-refractivity contribution is -0.138. The number of ether oxygens (including phenoxy) is 2.